The number of ether oxygens (including phenoxy) is 1. The first-order chi connectivity index (χ1) is 8.60. The Bertz CT molecular complexity index is 461. The van der Waals surface area contributed by atoms with Crippen molar-refractivity contribution in [1.82, 2.24) is 4.98 Å². The third-order valence-corrected chi connectivity index (χ3v) is 4.55. The molecule has 0 aromatic carbocycles. The van der Waals surface area contributed by atoms with Gasteiger partial charge in [-0.2, -0.15) is 11.8 Å². The van der Waals surface area contributed by atoms with Gasteiger partial charge in [0.1, 0.15) is 11.4 Å². The first-order valence-corrected chi connectivity index (χ1v) is 6.95. The summed E-state index contributed by atoms with van der Waals surface area (Å²) < 4.78 is 5.03. The maximum absolute atomic E-state index is 11.6. The number of nitrogen functional groups attached to an aromatic ring is 1. The number of aromatic nitrogens is 1. The molecular weight excluding hydrogens is 250 g/mol. The number of rotatable bonds is 5. The summed E-state index contributed by atoms with van der Waals surface area (Å²) in [5.74, 6) is 0.114. The van der Waals surface area contributed by atoms with E-state index in [1.807, 2.05) is 11.8 Å². The van der Waals surface area contributed by atoms with Crippen LogP contribution in [0.3, 0.4) is 0 Å². The number of hydrogen-bond acceptors (Lipinski definition) is 6. The Balaban J connectivity index is 2.14. The molecule has 0 atom stereocenters. The molecule has 2 rings (SSSR count). The van der Waals surface area contributed by atoms with Crippen LogP contribution in [-0.2, 0) is 4.74 Å². The summed E-state index contributed by atoms with van der Waals surface area (Å²) in [6.07, 6.45) is 6.03. The Morgan fingerprint density at radius 2 is 2.39 bits per heavy atom. The number of nitrogens with zero attached hydrogens (tertiary/aromatic N) is 1. The Morgan fingerprint density at radius 1 is 1.67 bits per heavy atom. The average molecular weight is 267 g/mol. The van der Waals surface area contributed by atoms with Crippen molar-refractivity contribution >= 4 is 29.2 Å². The summed E-state index contributed by atoms with van der Waals surface area (Å²) >= 11 is 1.85. The minimum absolute atomic E-state index is 0.302. The highest BCUT2D eigenvalue weighted by Crippen LogP contribution is 2.47. The molecule has 0 amide bonds. The van der Waals surface area contributed by atoms with Crippen molar-refractivity contribution in [3.63, 3.8) is 0 Å². The van der Waals surface area contributed by atoms with Crippen molar-refractivity contribution < 1.29 is 9.53 Å². The van der Waals surface area contributed by atoms with Crippen LogP contribution in [0, 0.1) is 0 Å². The van der Waals surface area contributed by atoms with Gasteiger partial charge in [0.2, 0.25) is 0 Å². The number of nitrogens with one attached hydrogen (secondary N) is 1. The fraction of sp³-hybridized carbons (Fsp3) is 0.500. The molecule has 1 fully saturated rings. The highest BCUT2D eigenvalue weighted by Gasteiger charge is 2.41. The molecule has 0 aliphatic heterocycles. The second-order valence-corrected chi connectivity index (χ2v) is 5.67. The van der Waals surface area contributed by atoms with Gasteiger partial charge in [0, 0.05) is 11.3 Å². The van der Waals surface area contributed by atoms with E-state index < -0.39 is 5.97 Å². The lowest BCUT2D eigenvalue weighted by Crippen LogP contribution is -2.20. The standard InChI is InChI=1S/C12H17N3O2S/c1-17-11(16)9-5-8(13)6-14-10(9)15-7-12(18-2)3-4-12/h5-6H,3-4,7,13H2,1-2H3,(H,14,15). The van der Waals surface area contributed by atoms with Crippen LogP contribution in [-0.4, -0.2) is 35.6 Å². The number of thioether (sulfide) groups is 1. The van der Waals surface area contributed by atoms with Gasteiger partial charge in [-0.1, -0.05) is 0 Å². The molecule has 1 aromatic heterocycles. The summed E-state index contributed by atoms with van der Waals surface area (Å²) in [6.45, 7) is 0.801. The number of nitrogens with two attached hydrogens (primary N) is 1. The normalized spacial score (nSPS) is 16.1. The number of carbonyl (C=O) groups is 1. The molecule has 1 saturated carbocycles. The largest absolute Gasteiger partial charge is 0.465 e. The Hall–Kier alpha value is -1.43. The number of carbonyl (C=O) groups excluding carboxylic acids is 1. The smallest absolute Gasteiger partial charge is 0.341 e. The van der Waals surface area contributed by atoms with Gasteiger partial charge in [0.15, 0.2) is 0 Å². The number of esters is 1. The van der Waals surface area contributed by atoms with Crippen molar-refractivity contribution in [2.24, 2.45) is 0 Å². The van der Waals surface area contributed by atoms with Gasteiger partial charge in [0.25, 0.3) is 0 Å². The average Bonchev–Trinajstić information content (AvgIpc) is 3.17. The van der Waals surface area contributed by atoms with Crippen LogP contribution in [0.25, 0.3) is 0 Å². The summed E-state index contributed by atoms with van der Waals surface area (Å²) in [7, 11) is 1.35. The fourth-order valence-electron chi connectivity index (χ4n) is 1.72. The van der Waals surface area contributed by atoms with E-state index in [1.165, 1.54) is 26.1 Å². The zero-order valence-electron chi connectivity index (χ0n) is 10.5. The molecule has 5 nitrogen and oxygen atoms in total. The van der Waals surface area contributed by atoms with Crippen molar-refractivity contribution in [1.29, 1.82) is 0 Å². The predicted molar refractivity (Wildman–Crippen MR) is 74.0 cm³/mol. The molecular formula is C12H17N3O2S. The lowest BCUT2D eigenvalue weighted by Gasteiger charge is -2.15. The van der Waals surface area contributed by atoms with E-state index in [1.54, 1.807) is 6.07 Å². The molecule has 98 valence electrons. The topological polar surface area (TPSA) is 77.2 Å². The highest BCUT2D eigenvalue weighted by atomic mass is 32.2. The fourth-order valence-corrected chi connectivity index (χ4v) is 2.45. The Morgan fingerprint density at radius 3 is 2.94 bits per heavy atom. The molecule has 0 saturated heterocycles. The van der Waals surface area contributed by atoms with E-state index >= 15 is 0 Å². The van der Waals surface area contributed by atoms with Gasteiger partial charge in [0.05, 0.1) is 19.0 Å². The van der Waals surface area contributed by atoms with Gasteiger partial charge in [-0.25, -0.2) is 9.78 Å². The molecule has 0 bridgehead atoms. The Kier molecular flexibility index (Phi) is 3.65. The summed E-state index contributed by atoms with van der Waals surface area (Å²) in [5.41, 5.74) is 6.47. The molecule has 1 aliphatic rings. The second kappa shape index (κ2) is 5.06. The van der Waals surface area contributed by atoms with Crippen LogP contribution in [0.2, 0.25) is 0 Å². The quantitative estimate of drug-likeness (QED) is 0.792. The van der Waals surface area contributed by atoms with Gasteiger partial charge < -0.3 is 15.8 Å². The zero-order valence-corrected chi connectivity index (χ0v) is 11.3. The molecule has 0 radical (unpaired) electrons. The third kappa shape index (κ3) is 2.69. The van der Waals surface area contributed by atoms with E-state index in [0.717, 1.165) is 6.54 Å². The van der Waals surface area contributed by atoms with Crippen molar-refractivity contribution in [2.75, 3.05) is 31.0 Å². The van der Waals surface area contributed by atoms with Crippen LogP contribution in [0.4, 0.5) is 11.5 Å². The van der Waals surface area contributed by atoms with Crippen molar-refractivity contribution in [3.05, 3.63) is 17.8 Å². The third-order valence-electron chi connectivity index (χ3n) is 3.13. The number of anilines is 2. The first-order valence-electron chi connectivity index (χ1n) is 5.73. The lowest BCUT2D eigenvalue weighted by molar-refractivity contribution is 0.0601. The lowest BCUT2D eigenvalue weighted by atomic mass is 10.2. The molecule has 1 aliphatic carbocycles. The minimum atomic E-state index is -0.425. The molecule has 3 N–H and O–H groups in total. The monoisotopic (exact) mass is 267 g/mol. The number of pyridine rings is 1. The van der Waals surface area contributed by atoms with Gasteiger partial charge in [-0.3, -0.25) is 0 Å². The van der Waals surface area contributed by atoms with Crippen molar-refractivity contribution in [2.45, 2.75) is 17.6 Å². The van der Waals surface area contributed by atoms with E-state index in [9.17, 15) is 4.79 Å². The van der Waals surface area contributed by atoms with Gasteiger partial charge in [-0.05, 0) is 25.2 Å². The van der Waals surface area contributed by atoms with Crippen LogP contribution in [0.5, 0.6) is 0 Å². The van der Waals surface area contributed by atoms with E-state index in [-0.39, 0.29) is 0 Å². The summed E-state index contributed by atoms with van der Waals surface area (Å²) in [6, 6.07) is 1.58. The van der Waals surface area contributed by atoms with E-state index in [2.05, 4.69) is 16.6 Å². The molecule has 1 heterocycles. The van der Waals surface area contributed by atoms with Crippen LogP contribution in [0.15, 0.2) is 12.3 Å². The van der Waals surface area contributed by atoms with Gasteiger partial charge in [-0.15, -0.1) is 0 Å². The number of hydrogen-bond donors (Lipinski definition) is 2. The maximum Gasteiger partial charge on any atom is 0.341 e. The molecule has 18 heavy (non-hydrogen) atoms. The Labute approximate surface area is 110 Å². The minimum Gasteiger partial charge on any atom is -0.465 e. The van der Waals surface area contributed by atoms with Crippen LogP contribution in [0.1, 0.15) is 23.2 Å². The number of methoxy groups -OCH3 is 1. The SMILES string of the molecule is COC(=O)c1cc(N)cnc1NCC1(SC)CC1. The maximum atomic E-state index is 11.6. The van der Waals surface area contributed by atoms with Crippen LogP contribution >= 0.6 is 11.8 Å². The van der Waals surface area contributed by atoms with E-state index in [0.29, 0.717) is 21.8 Å². The molecule has 1 aromatic rings. The van der Waals surface area contributed by atoms with Gasteiger partial charge >= 0.3 is 5.97 Å². The van der Waals surface area contributed by atoms with Crippen molar-refractivity contribution in [3.8, 4) is 0 Å². The molecule has 0 spiro atoms. The zero-order chi connectivity index (χ0) is 13.2. The molecule has 0 unspecified atom stereocenters. The second-order valence-electron chi connectivity index (χ2n) is 4.40. The highest BCUT2D eigenvalue weighted by molar-refractivity contribution is 8.00. The first kappa shape index (κ1) is 13.0. The summed E-state index contributed by atoms with van der Waals surface area (Å²) in [5, 5.41) is 3.22. The summed E-state index contributed by atoms with van der Waals surface area (Å²) in [4.78, 5) is 15.8. The van der Waals surface area contributed by atoms with E-state index in [4.69, 9.17) is 10.5 Å². The predicted octanol–water partition coefficient (Wildman–Crippen LogP) is 1.76. The van der Waals surface area contributed by atoms with Crippen LogP contribution < -0.4 is 11.1 Å². The molecule has 6 heteroatoms.